The normalized spacial score (nSPS) is 24.9. The molecule has 0 bridgehead atoms. The second-order valence-corrected chi connectivity index (χ2v) is 5.97. The number of nitrogens with two attached hydrogens (primary N) is 1. The maximum atomic E-state index is 6.25. The number of hydrogen-bond donors (Lipinski definition) is 1. The van der Waals surface area contributed by atoms with Gasteiger partial charge in [0, 0.05) is 19.1 Å². The fourth-order valence-electron chi connectivity index (χ4n) is 3.19. The van der Waals surface area contributed by atoms with Crippen LogP contribution in [0.5, 0.6) is 0 Å². The van der Waals surface area contributed by atoms with E-state index in [0.29, 0.717) is 16.8 Å². The lowest BCUT2D eigenvalue weighted by Crippen LogP contribution is -2.41. The first kappa shape index (κ1) is 13.0. The third-order valence-corrected chi connectivity index (χ3v) is 4.49. The molecule has 19 heavy (non-hydrogen) atoms. The van der Waals surface area contributed by atoms with Gasteiger partial charge in [0.15, 0.2) is 0 Å². The van der Waals surface area contributed by atoms with Crippen LogP contribution in [-0.4, -0.2) is 42.1 Å². The zero-order valence-electron chi connectivity index (χ0n) is 11.2. The third kappa shape index (κ3) is 2.79. The van der Waals surface area contributed by atoms with E-state index in [9.17, 15) is 0 Å². The highest BCUT2D eigenvalue weighted by atomic mass is 35.5. The van der Waals surface area contributed by atoms with E-state index in [4.69, 9.17) is 17.3 Å². The van der Waals surface area contributed by atoms with Crippen LogP contribution in [0.3, 0.4) is 0 Å². The molecular weight excluding hydrogens is 260 g/mol. The van der Waals surface area contributed by atoms with E-state index in [1.165, 1.54) is 38.8 Å². The third-order valence-electron chi connectivity index (χ3n) is 4.21. The molecule has 0 amide bonds. The number of nitrogen functional groups attached to an aromatic ring is 1. The first-order chi connectivity index (χ1) is 9.24. The fourth-order valence-corrected chi connectivity index (χ4v) is 3.49. The van der Waals surface area contributed by atoms with Crippen LogP contribution in [0.2, 0.25) is 5.02 Å². The van der Waals surface area contributed by atoms with Crippen LogP contribution in [0.25, 0.3) is 0 Å². The molecule has 1 unspecified atom stereocenters. The van der Waals surface area contributed by atoms with Gasteiger partial charge >= 0.3 is 0 Å². The average Bonchev–Trinajstić information content (AvgIpc) is 2.89. The minimum absolute atomic E-state index is 0.625. The summed E-state index contributed by atoms with van der Waals surface area (Å²) in [6.45, 7) is 4.58. The number of nitrogens with zero attached hydrogens (tertiary/aromatic N) is 3. The Morgan fingerprint density at radius 1 is 1.21 bits per heavy atom. The van der Waals surface area contributed by atoms with Crippen molar-refractivity contribution in [3.05, 3.63) is 17.3 Å². The van der Waals surface area contributed by atoms with E-state index in [1.54, 1.807) is 12.3 Å². The molecule has 3 heterocycles. The minimum atomic E-state index is 0.625. The zero-order valence-corrected chi connectivity index (χ0v) is 11.9. The summed E-state index contributed by atoms with van der Waals surface area (Å²) >= 11 is 6.25. The molecule has 2 aliphatic rings. The highest BCUT2D eigenvalue weighted by Crippen LogP contribution is 2.29. The van der Waals surface area contributed by atoms with Crippen LogP contribution in [0.1, 0.15) is 25.7 Å². The van der Waals surface area contributed by atoms with Gasteiger partial charge in [-0.05, 0) is 38.4 Å². The quantitative estimate of drug-likeness (QED) is 0.903. The van der Waals surface area contributed by atoms with Gasteiger partial charge < -0.3 is 10.6 Å². The Morgan fingerprint density at radius 3 is 2.74 bits per heavy atom. The Hall–Kier alpha value is -1.00. The highest BCUT2D eigenvalue weighted by Gasteiger charge is 2.29. The van der Waals surface area contributed by atoms with Crippen molar-refractivity contribution in [2.24, 2.45) is 0 Å². The van der Waals surface area contributed by atoms with Crippen molar-refractivity contribution in [2.75, 3.05) is 36.8 Å². The molecule has 1 atom stereocenters. The van der Waals surface area contributed by atoms with E-state index >= 15 is 0 Å². The van der Waals surface area contributed by atoms with Gasteiger partial charge in [0.1, 0.15) is 5.82 Å². The summed E-state index contributed by atoms with van der Waals surface area (Å²) in [5, 5.41) is 0.666. The molecule has 0 spiro atoms. The SMILES string of the molecule is Nc1cnc(N2CCC(N3CCCCC3)C2)c(Cl)c1. The lowest BCUT2D eigenvalue weighted by Gasteiger charge is -2.32. The van der Waals surface area contributed by atoms with E-state index in [2.05, 4.69) is 14.8 Å². The Labute approximate surface area is 119 Å². The summed E-state index contributed by atoms with van der Waals surface area (Å²) in [4.78, 5) is 9.32. The van der Waals surface area contributed by atoms with Gasteiger partial charge in [-0.25, -0.2) is 4.98 Å². The number of aromatic nitrogens is 1. The summed E-state index contributed by atoms with van der Waals surface area (Å²) in [6.07, 6.45) is 6.98. The largest absolute Gasteiger partial charge is 0.397 e. The first-order valence-electron chi connectivity index (χ1n) is 7.14. The van der Waals surface area contributed by atoms with Crippen molar-refractivity contribution in [1.29, 1.82) is 0 Å². The molecule has 0 aromatic carbocycles. The van der Waals surface area contributed by atoms with Gasteiger partial charge in [0.05, 0.1) is 16.9 Å². The van der Waals surface area contributed by atoms with Crippen molar-refractivity contribution >= 4 is 23.1 Å². The van der Waals surface area contributed by atoms with Crippen LogP contribution in [0.15, 0.2) is 12.3 Å². The van der Waals surface area contributed by atoms with Gasteiger partial charge in [-0.1, -0.05) is 18.0 Å². The van der Waals surface area contributed by atoms with E-state index in [1.807, 2.05) is 0 Å². The van der Waals surface area contributed by atoms with Gasteiger partial charge in [-0.3, -0.25) is 4.90 Å². The second-order valence-electron chi connectivity index (χ2n) is 5.56. The minimum Gasteiger partial charge on any atom is -0.397 e. The molecule has 2 N–H and O–H groups in total. The van der Waals surface area contributed by atoms with Crippen LogP contribution in [0, 0.1) is 0 Å². The topological polar surface area (TPSA) is 45.4 Å². The maximum Gasteiger partial charge on any atom is 0.147 e. The summed E-state index contributed by atoms with van der Waals surface area (Å²) in [5.41, 5.74) is 6.32. The molecule has 1 aromatic heterocycles. The lowest BCUT2D eigenvalue weighted by molar-refractivity contribution is 0.175. The summed E-state index contributed by atoms with van der Waals surface area (Å²) in [7, 11) is 0. The van der Waals surface area contributed by atoms with E-state index < -0.39 is 0 Å². The number of anilines is 2. The molecule has 104 valence electrons. The zero-order chi connectivity index (χ0) is 13.2. The monoisotopic (exact) mass is 280 g/mol. The van der Waals surface area contributed by atoms with Crippen molar-refractivity contribution < 1.29 is 0 Å². The van der Waals surface area contributed by atoms with Gasteiger partial charge in [-0.15, -0.1) is 0 Å². The maximum absolute atomic E-state index is 6.25. The fraction of sp³-hybridized carbons (Fsp3) is 0.643. The molecule has 5 heteroatoms. The summed E-state index contributed by atoms with van der Waals surface area (Å²) < 4.78 is 0. The number of hydrogen-bond acceptors (Lipinski definition) is 4. The van der Waals surface area contributed by atoms with Gasteiger partial charge in [0.25, 0.3) is 0 Å². The average molecular weight is 281 g/mol. The molecular formula is C14H21ClN4. The molecule has 0 radical (unpaired) electrons. The van der Waals surface area contributed by atoms with Crippen molar-refractivity contribution in [2.45, 2.75) is 31.7 Å². The van der Waals surface area contributed by atoms with Crippen molar-refractivity contribution in [3.8, 4) is 0 Å². The number of piperidine rings is 1. The van der Waals surface area contributed by atoms with Crippen molar-refractivity contribution in [1.82, 2.24) is 9.88 Å². The number of likely N-dealkylation sites (tertiary alicyclic amines) is 1. The Kier molecular flexibility index (Phi) is 3.80. The predicted octanol–water partition coefficient (Wildman–Crippen LogP) is 2.38. The second kappa shape index (κ2) is 5.55. The van der Waals surface area contributed by atoms with Crippen LogP contribution in [-0.2, 0) is 0 Å². The molecule has 2 saturated heterocycles. The molecule has 2 aliphatic heterocycles. The van der Waals surface area contributed by atoms with E-state index in [0.717, 1.165) is 18.9 Å². The number of pyridine rings is 1. The van der Waals surface area contributed by atoms with Crippen LogP contribution in [0.4, 0.5) is 11.5 Å². The molecule has 0 saturated carbocycles. The number of halogens is 1. The standard InChI is InChI=1S/C14H21ClN4/c15-13-8-11(16)9-17-14(13)19-7-4-12(10-19)18-5-2-1-3-6-18/h8-9,12H,1-7,10,16H2. The highest BCUT2D eigenvalue weighted by molar-refractivity contribution is 6.33. The molecule has 3 rings (SSSR count). The number of rotatable bonds is 2. The van der Waals surface area contributed by atoms with Crippen molar-refractivity contribution in [3.63, 3.8) is 0 Å². The Bertz CT molecular complexity index is 445. The molecule has 0 aliphatic carbocycles. The van der Waals surface area contributed by atoms with Gasteiger partial charge in [-0.2, -0.15) is 0 Å². The lowest BCUT2D eigenvalue weighted by atomic mass is 10.1. The predicted molar refractivity (Wildman–Crippen MR) is 79.7 cm³/mol. The first-order valence-corrected chi connectivity index (χ1v) is 7.52. The Morgan fingerprint density at radius 2 is 2.00 bits per heavy atom. The van der Waals surface area contributed by atoms with E-state index in [-0.39, 0.29) is 0 Å². The molecule has 4 nitrogen and oxygen atoms in total. The summed E-state index contributed by atoms with van der Waals surface area (Å²) in [5.74, 6) is 0.885. The van der Waals surface area contributed by atoms with Gasteiger partial charge in [0.2, 0.25) is 0 Å². The smallest absolute Gasteiger partial charge is 0.147 e. The summed E-state index contributed by atoms with van der Waals surface area (Å²) in [6, 6.07) is 2.45. The van der Waals surface area contributed by atoms with Crippen LogP contribution < -0.4 is 10.6 Å². The molecule has 2 fully saturated rings. The Balaban J connectivity index is 1.67. The van der Waals surface area contributed by atoms with Crippen LogP contribution >= 0.6 is 11.6 Å². The molecule has 1 aromatic rings.